The third-order valence-electron chi connectivity index (χ3n) is 3.13. The predicted molar refractivity (Wildman–Crippen MR) is 70.8 cm³/mol. The molecule has 100 valence electrons. The van der Waals surface area contributed by atoms with Crippen molar-refractivity contribution in [2.24, 2.45) is 0 Å². The lowest BCUT2D eigenvalue weighted by molar-refractivity contribution is 0.00333. The van der Waals surface area contributed by atoms with Crippen LogP contribution < -0.4 is 10.2 Å². The van der Waals surface area contributed by atoms with Gasteiger partial charge < -0.3 is 20.1 Å². The van der Waals surface area contributed by atoms with Gasteiger partial charge in [-0.15, -0.1) is 0 Å². The van der Waals surface area contributed by atoms with Crippen LogP contribution in [0.4, 0.5) is 5.82 Å². The van der Waals surface area contributed by atoms with Crippen LogP contribution in [0.5, 0.6) is 0 Å². The molecule has 2 rings (SSSR count). The number of nitrogens with zero attached hydrogens (tertiary/aromatic N) is 2. The molecular formula is C13H21N3O2. The van der Waals surface area contributed by atoms with Crippen LogP contribution in [0.25, 0.3) is 0 Å². The lowest BCUT2D eigenvalue weighted by Crippen LogP contribution is -2.44. The van der Waals surface area contributed by atoms with E-state index in [1.807, 2.05) is 13.2 Å². The Morgan fingerprint density at radius 1 is 1.61 bits per heavy atom. The average Bonchev–Trinajstić information content (AvgIpc) is 2.39. The number of hydrogen-bond acceptors (Lipinski definition) is 5. The quantitative estimate of drug-likeness (QED) is 0.806. The fourth-order valence-electron chi connectivity index (χ4n) is 2.28. The minimum atomic E-state index is -0.100. The molecule has 2 N–H and O–H groups in total. The normalized spacial score (nSPS) is 20.2. The molecule has 1 atom stereocenters. The van der Waals surface area contributed by atoms with Gasteiger partial charge in [0.15, 0.2) is 0 Å². The maximum absolute atomic E-state index is 9.16. The summed E-state index contributed by atoms with van der Waals surface area (Å²) in [5.41, 5.74) is 2.35. The largest absolute Gasteiger partial charge is 0.394 e. The second-order valence-corrected chi connectivity index (χ2v) is 4.64. The summed E-state index contributed by atoms with van der Waals surface area (Å²) in [6.45, 7) is 5.14. The van der Waals surface area contributed by atoms with E-state index in [1.165, 1.54) is 11.1 Å². The summed E-state index contributed by atoms with van der Waals surface area (Å²) in [4.78, 5) is 6.72. The molecule has 2 heterocycles. The number of nitrogens with one attached hydrogen (secondary N) is 1. The zero-order valence-corrected chi connectivity index (χ0v) is 11.0. The molecule has 5 heteroatoms. The molecule has 5 nitrogen and oxygen atoms in total. The molecular weight excluding hydrogens is 230 g/mol. The van der Waals surface area contributed by atoms with Crippen LogP contribution in [0.1, 0.15) is 11.1 Å². The number of anilines is 1. The van der Waals surface area contributed by atoms with Crippen LogP contribution in [-0.2, 0) is 11.3 Å². The fourth-order valence-corrected chi connectivity index (χ4v) is 2.28. The smallest absolute Gasteiger partial charge is 0.131 e. The van der Waals surface area contributed by atoms with Gasteiger partial charge in [0.25, 0.3) is 0 Å². The molecule has 1 aromatic heterocycles. The lowest BCUT2D eigenvalue weighted by Gasteiger charge is -2.33. The number of ether oxygens (including phenoxy) is 1. The van der Waals surface area contributed by atoms with Gasteiger partial charge in [0.1, 0.15) is 5.82 Å². The van der Waals surface area contributed by atoms with E-state index in [-0.39, 0.29) is 12.7 Å². The SMILES string of the molecule is CNCc1cnc(N2CCOC(CO)C2)c(C)c1. The van der Waals surface area contributed by atoms with Crippen molar-refractivity contribution in [2.75, 3.05) is 38.3 Å². The standard InChI is InChI=1S/C13H21N3O2/c1-10-5-11(6-14-2)7-15-13(10)16-3-4-18-12(8-16)9-17/h5,7,12,14,17H,3-4,6,8-9H2,1-2H3. The third-order valence-corrected chi connectivity index (χ3v) is 3.13. The van der Waals surface area contributed by atoms with Gasteiger partial charge >= 0.3 is 0 Å². The summed E-state index contributed by atoms with van der Waals surface area (Å²) in [6, 6.07) is 2.16. The number of aryl methyl sites for hydroxylation is 1. The summed E-state index contributed by atoms with van der Waals surface area (Å²) in [5.74, 6) is 0.997. The maximum atomic E-state index is 9.16. The van der Waals surface area contributed by atoms with E-state index in [4.69, 9.17) is 9.84 Å². The number of aliphatic hydroxyl groups is 1. The first-order chi connectivity index (χ1) is 8.74. The first-order valence-electron chi connectivity index (χ1n) is 6.32. The Kier molecular flexibility index (Phi) is 4.52. The van der Waals surface area contributed by atoms with Gasteiger partial charge in [0.2, 0.25) is 0 Å². The molecule has 0 bridgehead atoms. The minimum Gasteiger partial charge on any atom is -0.394 e. The zero-order chi connectivity index (χ0) is 13.0. The predicted octanol–water partition coefficient (Wildman–Crippen LogP) is 0.307. The summed E-state index contributed by atoms with van der Waals surface area (Å²) in [7, 11) is 1.93. The van der Waals surface area contributed by atoms with Crippen LogP contribution in [0.3, 0.4) is 0 Å². The molecule has 1 unspecified atom stereocenters. The fraction of sp³-hybridized carbons (Fsp3) is 0.615. The van der Waals surface area contributed by atoms with Crippen molar-refractivity contribution in [3.8, 4) is 0 Å². The van der Waals surface area contributed by atoms with E-state index in [2.05, 4.69) is 28.2 Å². The lowest BCUT2D eigenvalue weighted by atomic mass is 10.1. The van der Waals surface area contributed by atoms with Crippen molar-refractivity contribution in [3.05, 3.63) is 23.4 Å². The van der Waals surface area contributed by atoms with Crippen LogP contribution in [0.15, 0.2) is 12.3 Å². The van der Waals surface area contributed by atoms with E-state index in [0.717, 1.165) is 18.9 Å². The Bertz CT molecular complexity index is 398. The highest BCUT2D eigenvalue weighted by molar-refractivity contribution is 5.47. The van der Waals surface area contributed by atoms with Crippen LogP contribution in [0, 0.1) is 6.92 Å². The van der Waals surface area contributed by atoms with Crippen molar-refractivity contribution in [1.29, 1.82) is 0 Å². The summed E-state index contributed by atoms with van der Waals surface area (Å²) < 4.78 is 5.45. The zero-order valence-electron chi connectivity index (χ0n) is 11.0. The Morgan fingerprint density at radius 2 is 2.44 bits per heavy atom. The van der Waals surface area contributed by atoms with Crippen molar-refractivity contribution < 1.29 is 9.84 Å². The summed E-state index contributed by atoms with van der Waals surface area (Å²) in [6.07, 6.45) is 1.80. The first-order valence-corrected chi connectivity index (χ1v) is 6.32. The Labute approximate surface area is 108 Å². The summed E-state index contributed by atoms with van der Waals surface area (Å²) >= 11 is 0. The number of morpholine rings is 1. The molecule has 18 heavy (non-hydrogen) atoms. The molecule has 1 aliphatic heterocycles. The van der Waals surface area contributed by atoms with Gasteiger partial charge in [-0.2, -0.15) is 0 Å². The van der Waals surface area contributed by atoms with Crippen molar-refractivity contribution in [3.63, 3.8) is 0 Å². The number of aromatic nitrogens is 1. The Balaban J connectivity index is 2.12. The van der Waals surface area contributed by atoms with Crippen molar-refractivity contribution >= 4 is 5.82 Å². The van der Waals surface area contributed by atoms with E-state index in [9.17, 15) is 0 Å². The molecule has 1 saturated heterocycles. The highest BCUT2D eigenvalue weighted by atomic mass is 16.5. The van der Waals surface area contributed by atoms with E-state index < -0.39 is 0 Å². The molecule has 0 saturated carbocycles. The summed E-state index contributed by atoms with van der Waals surface area (Å²) in [5, 5.41) is 12.3. The van der Waals surface area contributed by atoms with Crippen LogP contribution >= 0.6 is 0 Å². The molecule has 1 aromatic rings. The van der Waals surface area contributed by atoms with E-state index in [1.54, 1.807) is 0 Å². The second kappa shape index (κ2) is 6.13. The van der Waals surface area contributed by atoms with Crippen LogP contribution in [0.2, 0.25) is 0 Å². The average molecular weight is 251 g/mol. The molecule has 0 spiro atoms. The molecule has 1 aliphatic rings. The van der Waals surface area contributed by atoms with Gasteiger partial charge in [-0.1, -0.05) is 0 Å². The molecule has 0 aromatic carbocycles. The van der Waals surface area contributed by atoms with Crippen molar-refractivity contribution in [2.45, 2.75) is 19.6 Å². The number of rotatable bonds is 4. The Morgan fingerprint density at radius 3 is 3.11 bits per heavy atom. The van der Waals surface area contributed by atoms with Gasteiger partial charge in [-0.3, -0.25) is 0 Å². The van der Waals surface area contributed by atoms with Gasteiger partial charge in [0, 0.05) is 25.8 Å². The topological polar surface area (TPSA) is 57.6 Å². The first kappa shape index (κ1) is 13.3. The second-order valence-electron chi connectivity index (χ2n) is 4.64. The van der Waals surface area contributed by atoms with Crippen molar-refractivity contribution in [1.82, 2.24) is 10.3 Å². The molecule has 0 aliphatic carbocycles. The third kappa shape index (κ3) is 2.98. The molecule has 1 fully saturated rings. The van der Waals surface area contributed by atoms with E-state index >= 15 is 0 Å². The highest BCUT2D eigenvalue weighted by Gasteiger charge is 2.21. The highest BCUT2D eigenvalue weighted by Crippen LogP contribution is 2.20. The number of hydrogen-bond donors (Lipinski definition) is 2. The Hall–Kier alpha value is -1.17. The number of aliphatic hydroxyl groups excluding tert-OH is 1. The minimum absolute atomic E-state index is 0.0629. The van der Waals surface area contributed by atoms with E-state index in [0.29, 0.717) is 13.2 Å². The monoisotopic (exact) mass is 251 g/mol. The van der Waals surface area contributed by atoms with Gasteiger partial charge in [-0.25, -0.2) is 4.98 Å². The van der Waals surface area contributed by atoms with Gasteiger partial charge in [-0.05, 0) is 31.2 Å². The maximum Gasteiger partial charge on any atom is 0.131 e. The molecule has 0 radical (unpaired) electrons. The van der Waals surface area contributed by atoms with Gasteiger partial charge in [0.05, 0.1) is 19.3 Å². The van der Waals surface area contributed by atoms with Crippen LogP contribution in [-0.4, -0.2) is 49.5 Å². The number of pyridine rings is 1. The molecule has 0 amide bonds.